The fourth-order valence-electron chi connectivity index (χ4n) is 4.77. The zero-order valence-electron chi connectivity index (χ0n) is 20.5. The first kappa shape index (κ1) is 25.9. The number of hydrogen-bond acceptors (Lipinski definition) is 4. The van der Waals surface area contributed by atoms with E-state index in [2.05, 4.69) is 12.1 Å². The lowest BCUT2D eigenvalue weighted by Gasteiger charge is -2.41. The number of benzene rings is 3. The Labute approximate surface area is 216 Å². The van der Waals surface area contributed by atoms with Gasteiger partial charge in [-0.1, -0.05) is 60.7 Å². The van der Waals surface area contributed by atoms with Crippen molar-refractivity contribution in [1.82, 2.24) is 4.90 Å². The van der Waals surface area contributed by atoms with Gasteiger partial charge in [0.2, 0.25) is 5.91 Å². The predicted molar refractivity (Wildman–Crippen MR) is 138 cm³/mol. The van der Waals surface area contributed by atoms with Crippen molar-refractivity contribution in [1.29, 1.82) is 0 Å². The maximum absolute atomic E-state index is 13.5. The molecule has 7 heteroatoms. The zero-order valence-corrected chi connectivity index (χ0v) is 20.5. The highest BCUT2D eigenvalue weighted by molar-refractivity contribution is 5.92. The van der Waals surface area contributed by atoms with Gasteiger partial charge in [-0.05, 0) is 61.1 Å². The van der Waals surface area contributed by atoms with Gasteiger partial charge in [-0.2, -0.15) is 0 Å². The molecule has 2 atom stereocenters. The summed E-state index contributed by atoms with van der Waals surface area (Å²) >= 11 is 0. The second kappa shape index (κ2) is 12.2. The van der Waals surface area contributed by atoms with Crippen molar-refractivity contribution in [3.05, 3.63) is 96.1 Å². The van der Waals surface area contributed by atoms with Gasteiger partial charge in [-0.3, -0.25) is 14.4 Å². The molecule has 37 heavy (non-hydrogen) atoms. The van der Waals surface area contributed by atoms with Crippen LogP contribution in [0.4, 0.5) is 0 Å². The largest absolute Gasteiger partial charge is 0.481 e. The van der Waals surface area contributed by atoms with Crippen LogP contribution in [0.15, 0.2) is 84.9 Å². The van der Waals surface area contributed by atoms with Gasteiger partial charge >= 0.3 is 11.9 Å². The fraction of sp³-hybridized carbons (Fsp3) is 0.300. The molecule has 192 valence electrons. The lowest BCUT2D eigenvalue weighted by atomic mass is 9.64. The monoisotopic (exact) mass is 501 g/mol. The molecule has 4 rings (SSSR count). The molecule has 3 aromatic rings. The summed E-state index contributed by atoms with van der Waals surface area (Å²) in [7, 11) is 0. The van der Waals surface area contributed by atoms with Crippen molar-refractivity contribution < 1.29 is 29.3 Å². The van der Waals surface area contributed by atoms with Crippen LogP contribution >= 0.6 is 0 Å². The lowest BCUT2D eigenvalue weighted by molar-refractivity contribution is -0.171. The van der Waals surface area contributed by atoms with Crippen molar-refractivity contribution in [2.24, 2.45) is 17.8 Å². The topological polar surface area (TPSA) is 104 Å². The average molecular weight is 502 g/mol. The minimum Gasteiger partial charge on any atom is -0.481 e. The van der Waals surface area contributed by atoms with Gasteiger partial charge in [0.25, 0.3) is 0 Å². The number of carbonyl (C=O) groups is 3. The van der Waals surface area contributed by atoms with Crippen molar-refractivity contribution in [3.8, 4) is 11.5 Å². The Kier molecular flexibility index (Phi) is 8.56. The van der Waals surface area contributed by atoms with E-state index < -0.39 is 35.6 Å². The molecule has 0 bridgehead atoms. The molecular weight excluding hydrogens is 470 g/mol. The summed E-state index contributed by atoms with van der Waals surface area (Å²) in [6, 6.07) is 26.9. The van der Waals surface area contributed by atoms with Crippen LogP contribution in [0.5, 0.6) is 11.5 Å². The van der Waals surface area contributed by atoms with Crippen LogP contribution < -0.4 is 4.74 Å². The van der Waals surface area contributed by atoms with E-state index in [1.54, 1.807) is 4.90 Å². The Balaban J connectivity index is 1.45. The van der Waals surface area contributed by atoms with Crippen LogP contribution in [0.1, 0.15) is 30.4 Å². The van der Waals surface area contributed by atoms with E-state index in [4.69, 9.17) is 4.74 Å². The summed E-state index contributed by atoms with van der Waals surface area (Å²) in [5.41, 5.74) is 2.07. The second-order valence-corrected chi connectivity index (χ2v) is 9.41. The van der Waals surface area contributed by atoms with Crippen molar-refractivity contribution in [2.75, 3.05) is 6.54 Å². The van der Waals surface area contributed by atoms with Gasteiger partial charge in [-0.25, -0.2) is 0 Å². The highest BCUT2D eigenvalue weighted by atomic mass is 16.5. The van der Waals surface area contributed by atoms with Crippen LogP contribution in [-0.4, -0.2) is 39.5 Å². The van der Waals surface area contributed by atoms with Gasteiger partial charge in [0.05, 0.1) is 17.8 Å². The maximum Gasteiger partial charge on any atom is 0.307 e. The van der Waals surface area contributed by atoms with Crippen LogP contribution in [0.2, 0.25) is 0 Å². The van der Waals surface area contributed by atoms with Gasteiger partial charge < -0.3 is 19.8 Å². The summed E-state index contributed by atoms with van der Waals surface area (Å²) in [4.78, 5) is 38.5. The Morgan fingerprint density at radius 1 is 0.730 bits per heavy atom. The average Bonchev–Trinajstić information content (AvgIpc) is 2.87. The molecule has 1 aliphatic carbocycles. The van der Waals surface area contributed by atoms with E-state index in [0.717, 1.165) is 30.6 Å². The number of nitrogens with zero attached hydrogens (tertiary/aromatic N) is 1. The zero-order chi connectivity index (χ0) is 26.2. The molecule has 0 spiro atoms. The molecule has 0 aromatic heterocycles. The molecule has 0 saturated heterocycles. The lowest BCUT2D eigenvalue weighted by Crippen LogP contribution is -2.54. The van der Waals surface area contributed by atoms with Crippen molar-refractivity contribution in [2.45, 2.75) is 32.2 Å². The number of para-hydroxylation sites is 1. The van der Waals surface area contributed by atoms with Crippen LogP contribution in [0, 0.1) is 17.8 Å². The van der Waals surface area contributed by atoms with E-state index in [1.165, 1.54) is 5.56 Å². The first-order chi connectivity index (χ1) is 17.9. The first-order valence-electron chi connectivity index (χ1n) is 12.5. The number of rotatable bonds is 12. The normalized spacial score (nSPS) is 18.4. The predicted octanol–water partition coefficient (Wildman–Crippen LogP) is 5.25. The second-order valence-electron chi connectivity index (χ2n) is 9.41. The van der Waals surface area contributed by atoms with Crippen molar-refractivity contribution in [3.63, 3.8) is 0 Å². The third-order valence-corrected chi connectivity index (χ3v) is 6.87. The minimum absolute atomic E-state index is 0.0194. The van der Waals surface area contributed by atoms with Crippen LogP contribution in [0.3, 0.4) is 0 Å². The summed E-state index contributed by atoms with van der Waals surface area (Å²) < 4.78 is 5.84. The van der Waals surface area contributed by atoms with Gasteiger partial charge in [-0.15, -0.1) is 0 Å². The molecular formula is C30H31NO6. The number of amides is 1. The van der Waals surface area contributed by atoms with Crippen LogP contribution in [-0.2, 0) is 27.3 Å². The van der Waals surface area contributed by atoms with Crippen molar-refractivity contribution >= 4 is 17.8 Å². The minimum atomic E-state index is -1.12. The number of ether oxygens (including phenoxy) is 1. The number of aryl methyl sites for hydroxylation is 1. The molecule has 1 saturated carbocycles. The standard InChI is InChI=1S/C30H31NO6/c32-28(27-25(29(33)34)19-26(27)30(35)36)31(18-8-7-11-21-9-3-1-4-10-21)20-22-14-16-24(17-15-22)37-23-12-5-2-6-13-23/h1-6,9-10,12-17,25-27H,7-8,11,18-20H2,(H,33,34)(H,35,36). The fourth-order valence-corrected chi connectivity index (χ4v) is 4.77. The molecule has 0 heterocycles. The summed E-state index contributed by atoms with van der Waals surface area (Å²) in [6.07, 6.45) is 2.42. The van der Waals surface area contributed by atoms with E-state index in [1.807, 2.05) is 72.8 Å². The van der Waals surface area contributed by atoms with E-state index >= 15 is 0 Å². The molecule has 2 unspecified atom stereocenters. The molecule has 3 aromatic carbocycles. The quantitative estimate of drug-likeness (QED) is 0.329. The maximum atomic E-state index is 13.5. The summed E-state index contributed by atoms with van der Waals surface area (Å²) in [6.45, 7) is 0.689. The molecule has 2 N–H and O–H groups in total. The number of unbranched alkanes of at least 4 members (excludes halogenated alkanes) is 1. The molecule has 0 aliphatic heterocycles. The van der Waals surface area contributed by atoms with Crippen LogP contribution in [0.25, 0.3) is 0 Å². The third kappa shape index (κ3) is 6.76. The highest BCUT2D eigenvalue weighted by Gasteiger charge is 2.54. The number of aliphatic carboxylic acids is 2. The number of carboxylic acid groups (broad SMARTS) is 2. The summed E-state index contributed by atoms with van der Waals surface area (Å²) in [5.74, 6) is -4.27. The van der Waals surface area contributed by atoms with E-state index in [0.29, 0.717) is 12.3 Å². The smallest absolute Gasteiger partial charge is 0.307 e. The van der Waals surface area contributed by atoms with Gasteiger partial charge in [0.1, 0.15) is 11.5 Å². The van der Waals surface area contributed by atoms with E-state index in [9.17, 15) is 24.6 Å². The third-order valence-electron chi connectivity index (χ3n) is 6.87. The SMILES string of the molecule is O=C(O)C1CC(C(=O)O)C1C(=O)N(CCCCc1ccccc1)Cc1ccc(Oc2ccccc2)cc1. The summed E-state index contributed by atoms with van der Waals surface area (Å²) in [5, 5.41) is 19.1. The Bertz CT molecular complexity index is 1180. The molecule has 1 aliphatic rings. The molecule has 7 nitrogen and oxygen atoms in total. The van der Waals surface area contributed by atoms with E-state index in [-0.39, 0.29) is 13.0 Å². The number of hydrogen-bond donors (Lipinski definition) is 2. The number of carboxylic acids is 2. The Morgan fingerprint density at radius 3 is 1.89 bits per heavy atom. The Morgan fingerprint density at radius 2 is 1.30 bits per heavy atom. The van der Waals surface area contributed by atoms with Gasteiger partial charge in [0.15, 0.2) is 0 Å². The highest BCUT2D eigenvalue weighted by Crippen LogP contribution is 2.42. The number of carbonyl (C=O) groups excluding carboxylic acids is 1. The van der Waals surface area contributed by atoms with Gasteiger partial charge in [0, 0.05) is 13.1 Å². The first-order valence-corrected chi connectivity index (χ1v) is 12.5. The molecule has 0 radical (unpaired) electrons. The molecule has 1 amide bonds. The molecule has 1 fully saturated rings. The Hall–Kier alpha value is -4.13.